The molecule has 1 saturated carbocycles. The molecule has 1 unspecified atom stereocenters. The number of aryl methyl sites for hydroxylation is 2. The molecule has 1 N–H and O–H groups in total. The van der Waals surface area contributed by atoms with Gasteiger partial charge in [-0.05, 0) is 38.2 Å². The van der Waals surface area contributed by atoms with Crippen molar-refractivity contribution in [1.29, 1.82) is 0 Å². The van der Waals surface area contributed by atoms with Crippen LogP contribution in [-0.2, 0) is 7.05 Å². The number of nitrogens with one attached hydrogen (secondary N) is 1. The second kappa shape index (κ2) is 4.72. The van der Waals surface area contributed by atoms with Gasteiger partial charge in [0.1, 0.15) is 0 Å². The molecule has 0 spiro atoms. The summed E-state index contributed by atoms with van der Waals surface area (Å²) in [4.78, 5) is 0. The van der Waals surface area contributed by atoms with Crippen LogP contribution >= 0.6 is 0 Å². The van der Waals surface area contributed by atoms with Crippen molar-refractivity contribution in [2.75, 3.05) is 5.32 Å². The number of rotatable bonds is 4. The van der Waals surface area contributed by atoms with Crippen LogP contribution in [0.2, 0.25) is 0 Å². The predicted octanol–water partition coefficient (Wildman–Crippen LogP) is 3.60. The molecule has 100 valence electrons. The van der Waals surface area contributed by atoms with Crippen molar-refractivity contribution < 1.29 is 0 Å². The Morgan fingerprint density at radius 2 is 1.89 bits per heavy atom. The number of hydrogen-bond donors (Lipinski definition) is 1. The van der Waals surface area contributed by atoms with E-state index in [1.807, 2.05) is 11.7 Å². The van der Waals surface area contributed by atoms with Crippen molar-refractivity contribution >= 4 is 5.69 Å². The lowest BCUT2D eigenvalue weighted by Crippen LogP contribution is -2.14. The highest BCUT2D eigenvalue weighted by Crippen LogP contribution is 2.43. The van der Waals surface area contributed by atoms with Crippen LogP contribution in [0.25, 0.3) is 0 Å². The number of nitrogens with zero attached hydrogens (tertiary/aromatic N) is 2. The lowest BCUT2D eigenvalue weighted by molar-refractivity contribution is 0.677. The zero-order chi connectivity index (χ0) is 13.4. The van der Waals surface area contributed by atoms with E-state index in [1.165, 1.54) is 29.8 Å². The summed E-state index contributed by atoms with van der Waals surface area (Å²) in [7, 11) is 2.00. The van der Waals surface area contributed by atoms with Crippen molar-refractivity contribution in [2.45, 2.75) is 32.7 Å². The van der Waals surface area contributed by atoms with Crippen LogP contribution in [0.4, 0.5) is 5.69 Å². The van der Waals surface area contributed by atoms with E-state index < -0.39 is 0 Å². The third-order valence-electron chi connectivity index (χ3n) is 4.06. The first-order valence-corrected chi connectivity index (χ1v) is 6.98. The van der Waals surface area contributed by atoms with Gasteiger partial charge in [0, 0.05) is 7.05 Å². The van der Waals surface area contributed by atoms with E-state index in [4.69, 9.17) is 0 Å². The number of aromatic nitrogens is 2. The average Bonchev–Trinajstić information content (AvgIpc) is 3.21. The van der Waals surface area contributed by atoms with Gasteiger partial charge in [0.2, 0.25) is 0 Å². The maximum atomic E-state index is 4.49. The van der Waals surface area contributed by atoms with Gasteiger partial charge in [-0.25, -0.2) is 0 Å². The summed E-state index contributed by atoms with van der Waals surface area (Å²) in [6.45, 7) is 4.20. The normalized spacial score (nSPS) is 16.4. The molecule has 3 rings (SSSR count). The van der Waals surface area contributed by atoms with Gasteiger partial charge in [-0.15, -0.1) is 0 Å². The number of benzene rings is 1. The van der Waals surface area contributed by atoms with Crippen LogP contribution < -0.4 is 5.32 Å². The number of hydrogen-bond acceptors (Lipinski definition) is 2. The minimum atomic E-state index is 0.419. The van der Waals surface area contributed by atoms with Crippen LogP contribution in [0.5, 0.6) is 0 Å². The van der Waals surface area contributed by atoms with Gasteiger partial charge in [-0.2, -0.15) is 5.10 Å². The smallest absolute Gasteiger partial charge is 0.0828 e. The SMILES string of the molecule is Cc1nn(C)c(C)c1NC(c1ccccc1)C1CC1. The lowest BCUT2D eigenvalue weighted by Gasteiger charge is -2.20. The molecular formula is C16H21N3. The fourth-order valence-electron chi connectivity index (χ4n) is 2.70. The first-order chi connectivity index (χ1) is 9.16. The van der Waals surface area contributed by atoms with Crippen molar-refractivity contribution in [3.63, 3.8) is 0 Å². The molecule has 1 fully saturated rings. The van der Waals surface area contributed by atoms with Crippen molar-refractivity contribution in [3.05, 3.63) is 47.3 Å². The van der Waals surface area contributed by atoms with Crippen LogP contribution in [0.3, 0.4) is 0 Å². The molecule has 1 heterocycles. The molecule has 1 aromatic heterocycles. The highest BCUT2D eigenvalue weighted by Gasteiger charge is 2.33. The maximum Gasteiger partial charge on any atom is 0.0828 e. The van der Waals surface area contributed by atoms with Crippen molar-refractivity contribution in [3.8, 4) is 0 Å². The van der Waals surface area contributed by atoms with Crippen LogP contribution in [0, 0.1) is 19.8 Å². The summed E-state index contributed by atoms with van der Waals surface area (Å²) < 4.78 is 1.95. The van der Waals surface area contributed by atoms with E-state index in [-0.39, 0.29) is 0 Å². The van der Waals surface area contributed by atoms with Gasteiger partial charge in [0.05, 0.1) is 23.1 Å². The predicted molar refractivity (Wildman–Crippen MR) is 78.2 cm³/mol. The third kappa shape index (κ3) is 2.37. The Bertz CT molecular complexity index is 567. The van der Waals surface area contributed by atoms with Gasteiger partial charge >= 0.3 is 0 Å². The Labute approximate surface area is 114 Å². The fourth-order valence-corrected chi connectivity index (χ4v) is 2.70. The summed E-state index contributed by atoms with van der Waals surface area (Å²) in [5.41, 5.74) is 4.87. The van der Waals surface area contributed by atoms with Crippen LogP contribution in [0.1, 0.15) is 35.8 Å². The van der Waals surface area contributed by atoms with E-state index in [0.717, 1.165) is 11.6 Å². The Balaban J connectivity index is 1.90. The zero-order valence-electron chi connectivity index (χ0n) is 11.9. The molecule has 1 aliphatic carbocycles. The maximum absolute atomic E-state index is 4.49. The summed E-state index contributed by atoms with van der Waals surface area (Å²) in [5.74, 6) is 0.765. The molecule has 1 atom stereocenters. The Hall–Kier alpha value is -1.77. The number of anilines is 1. The lowest BCUT2D eigenvalue weighted by atomic mass is 10.0. The quantitative estimate of drug-likeness (QED) is 0.904. The van der Waals surface area contributed by atoms with E-state index >= 15 is 0 Å². The monoisotopic (exact) mass is 255 g/mol. The third-order valence-corrected chi connectivity index (χ3v) is 4.06. The first kappa shape index (κ1) is 12.3. The van der Waals surface area contributed by atoms with Crippen molar-refractivity contribution in [1.82, 2.24) is 9.78 Å². The van der Waals surface area contributed by atoms with Gasteiger partial charge in [-0.3, -0.25) is 4.68 Å². The molecule has 0 amide bonds. The van der Waals surface area contributed by atoms with E-state index in [9.17, 15) is 0 Å². The molecule has 1 aromatic carbocycles. The first-order valence-electron chi connectivity index (χ1n) is 6.98. The summed E-state index contributed by atoms with van der Waals surface area (Å²) in [6, 6.07) is 11.2. The topological polar surface area (TPSA) is 29.9 Å². The molecule has 0 aliphatic heterocycles. The molecule has 0 bridgehead atoms. The van der Waals surface area contributed by atoms with Crippen molar-refractivity contribution in [2.24, 2.45) is 13.0 Å². The standard InChI is InChI=1S/C16H21N3/c1-11-15(12(2)19(3)18-11)17-16(14-9-10-14)13-7-5-4-6-8-13/h4-8,14,16-17H,9-10H2,1-3H3. The minimum absolute atomic E-state index is 0.419. The minimum Gasteiger partial charge on any atom is -0.375 e. The molecular weight excluding hydrogens is 234 g/mol. The molecule has 2 aromatic rings. The largest absolute Gasteiger partial charge is 0.375 e. The van der Waals surface area contributed by atoms with E-state index in [2.05, 4.69) is 54.6 Å². The van der Waals surface area contributed by atoms with E-state index in [0.29, 0.717) is 6.04 Å². The van der Waals surface area contributed by atoms with E-state index in [1.54, 1.807) is 0 Å². The Morgan fingerprint density at radius 3 is 2.42 bits per heavy atom. The van der Waals surface area contributed by atoms with Crippen LogP contribution in [-0.4, -0.2) is 9.78 Å². The summed E-state index contributed by atoms with van der Waals surface area (Å²) in [5, 5.41) is 8.22. The van der Waals surface area contributed by atoms with Gasteiger partial charge in [-0.1, -0.05) is 30.3 Å². The second-order valence-corrected chi connectivity index (χ2v) is 5.54. The molecule has 0 saturated heterocycles. The molecule has 3 nitrogen and oxygen atoms in total. The second-order valence-electron chi connectivity index (χ2n) is 5.54. The summed E-state index contributed by atoms with van der Waals surface area (Å²) in [6.07, 6.45) is 2.65. The molecule has 19 heavy (non-hydrogen) atoms. The van der Waals surface area contributed by atoms with Crippen LogP contribution in [0.15, 0.2) is 30.3 Å². The Kier molecular flexibility index (Phi) is 3.05. The average molecular weight is 255 g/mol. The van der Waals surface area contributed by atoms with Gasteiger partial charge in [0.25, 0.3) is 0 Å². The van der Waals surface area contributed by atoms with Gasteiger partial charge in [0.15, 0.2) is 0 Å². The highest BCUT2D eigenvalue weighted by molar-refractivity contribution is 5.54. The molecule has 1 aliphatic rings. The molecule has 0 radical (unpaired) electrons. The zero-order valence-corrected chi connectivity index (χ0v) is 11.9. The fraction of sp³-hybridized carbons (Fsp3) is 0.438. The molecule has 3 heteroatoms. The Morgan fingerprint density at radius 1 is 1.21 bits per heavy atom. The summed E-state index contributed by atoms with van der Waals surface area (Å²) >= 11 is 0. The van der Waals surface area contributed by atoms with Gasteiger partial charge < -0.3 is 5.32 Å². The highest BCUT2D eigenvalue weighted by atomic mass is 15.3.